The zero-order valence-corrected chi connectivity index (χ0v) is 14.5. The SMILES string of the molecule is COCCOc1cccc(CNCc2cn[nH]c2-c2ccc(C)o2)c1. The molecule has 0 aliphatic rings. The Labute approximate surface area is 147 Å². The monoisotopic (exact) mass is 341 g/mol. The average molecular weight is 341 g/mol. The van der Waals surface area contributed by atoms with Crippen molar-refractivity contribution in [1.29, 1.82) is 0 Å². The highest BCUT2D eigenvalue weighted by Crippen LogP contribution is 2.23. The van der Waals surface area contributed by atoms with Gasteiger partial charge < -0.3 is 19.2 Å². The summed E-state index contributed by atoms with van der Waals surface area (Å²) in [7, 11) is 1.66. The van der Waals surface area contributed by atoms with Gasteiger partial charge in [0.25, 0.3) is 0 Å². The third-order valence-corrected chi connectivity index (χ3v) is 3.80. The molecule has 25 heavy (non-hydrogen) atoms. The Morgan fingerprint density at radius 3 is 2.88 bits per heavy atom. The van der Waals surface area contributed by atoms with Crippen molar-refractivity contribution in [3.05, 3.63) is 59.5 Å². The Bertz CT molecular complexity index is 795. The van der Waals surface area contributed by atoms with Crippen LogP contribution in [0.15, 0.2) is 47.0 Å². The molecule has 0 amide bonds. The number of methoxy groups -OCH3 is 1. The minimum absolute atomic E-state index is 0.550. The summed E-state index contributed by atoms with van der Waals surface area (Å²) in [5.74, 6) is 2.54. The number of ether oxygens (including phenoxy) is 2. The Kier molecular flexibility index (Phi) is 5.87. The van der Waals surface area contributed by atoms with Gasteiger partial charge in [-0.1, -0.05) is 12.1 Å². The Balaban J connectivity index is 1.55. The summed E-state index contributed by atoms with van der Waals surface area (Å²) in [4.78, 5) is 0. The number of nitrogens with zero attached hydrogens (tertiary/aromatic N) is 1. The number of hydrogen-bond acceptors (Lipinski definition) is 5. The fourth-order valence-corrected chi connectivity index (χ4v) is 2.56. The highest BCUT2D eigenvalue weighted by atomic mass is 16.5. The summed E-state index contributed by atoms with van der Waals surface area (Å²) in [5, 5.41) is 10.6. The number of aromatic amines is 1. The van der Waals surface area contributed by atoms with Crippen molar-refractivity contribution >= 4 is 0 Å². The number of benzene rings is 1. The number of H-pyrrole nitrogens is 1. The van der Waals surface area contributed by atoms with Crippen LogP contribution in [-0.4, -0.2) is 30.5 Å². The second-order valence-electron chi connectivity index (χ2n) is 5.77. The van der Waals surface area contributed by atoms with Crippen LogP contribution >= 0.6 is 0 Å². The molecule has 0 saturated carbocycles. The van der Waals surface area contributed by atoms with Crippen LogP contribution in [0.3, 0.4) is 0 Å². The summed E-state index contributed by atoms with van der Waals surface area (Å²) in [6.45, 7) is 4.50. The van der Waals surface area contributed by atoms with E-state index in [-0.39, 0.29) is 0 Å². The molecule has 6 nitrogen and oxygen atoms in total. The maximum Gasteiger partial charge on any atom is 0.152 e. The molecule has 6 heteroatoms. The molecule has 0 saturated heterocycles. The number of nitrogens with one attached hydrogen (secondary N) is 2. The van der Waals surface area contributed by atoms with E-state index < -0.39 is 0 Å². The zero-order valence-electron chi connectivity index (χ0n) is 14.5. The lowest BCUT2D eigenvalue weighted by Crippen LogP contribution is -2.13. The fraction of sp³-hybridized carbons (Fsp3) is 0.316. The lowest BCUT2D eigenvalue weighted by Gasteiger charge is -2.08. The first-order chi connectivity index (χ1) is 12.3. The molecule has 0 bridgehead atoms. The number of aryl methyl sites for hydroxylation is 1. The van der Waals surface area contributed by atoms with Crippen molar-refractivity contribution in [2.45, 2.75) is 20.0 Å². The van der Waals surface area contributed by atoms with E-state index in [1.54, 1.807) is 7.11 Å². The number of furan rings is 1. The van der Waals surface area contributed by atoms with E-state index in [4.69, 9.17) is 13.9 Å². The van der Waals surface area contributed by atoms with E-state index in [1.807, 2.05) is 43.5 Å². The lowest BCUT2D eigenvalue weighted by atomic mass is 10.2. The summed E-state index contributed by atoms with van der Waals surface area (Å²) in [5.41, 5.74) is 3.15. The first kappa shape index (κ1) is 17.3. The second kappa shape index (κ2) is 8.50. The second-order valence-corrected chi connectivity index (χ2v) is 5.77. The smallest absolute Gasteiger partial charge is 0.152 e. The van der Waals surface area contributed by atoms with E-state index >= 15 is 0 Å². The predicted molar refractivity (Wildman–Crippen MR) is 95.4 cm³/mol. The predicted octanol–water partition coefficient (Wildman–Crippen LogP) is 3.29. The highest BCUT2D eigenvalue weighted by Gasteiger charge is 2.10. The maximum atomic E-state index is 5.67. The largest absolute Gasteiger partial charge is 0.491 e. The Morgan fingerprint density at radius 2 is 2.08 bits per heavy atom. The van der Waals surface area contributed by atoms with E-state index in [0.717, 1.165) is 40.6 Å². The van der Waals surface area contributed by atoms with Crippen LogP contribution < -0.4 is 10.1 Å². The molecule has 3 aromatic rings. The molecule has 2 aromatic heterocycles. The molecule has 0 aliphatic carbocycles. The fourth-order valence-electron chi connectivity index (χ4n) is 2.56. The van der Waals surface area contributed by atoms with Crippen molar-refractivity contribution in [3.63, 3.8) is 0 Å². The van der Waals surface area contributed by atoms with E-state index in [9.17, 15) is 0 Å². The first-order valence-electron chi connectivity index (χ1n) is 8.26. The lowest BCUT2D eigenvalue weighted by molar-refractivity contribution is 0.146. The summed E-state index contributed by atoms with van der Waals surface area (Å²) in [6, 6.07) is 12.0. The van der Waals surface area contributed by atoms with Gasteiger partial charge in [0.1, 0.15) is 23.8 Å². The van der Waals surface area contributed by atoms with Crippen molar-refractivity contribution in [1.82, 2.24) is 15.5 Å². The molecule has 0 radical (unpaired) electrons. The van der Waals surface area contributed by atoms with Gasteiger partial charge in [-0.15, -0.1) is 0 Å². The van der Waals surface area contributed by atoms with Crippen molar-refractivity contribution in [2.75, 3.05) is 20.3 Å². The van der Waals surface area contributed by atoms with Crippen LogP contribution in [0.4, 0.5) is 0 Å². The van der Waals surface area contributed by atoms with E-state index in [2.05, 4.69) is 21.6 Å². The van der Waals surface area contributed by atoms with Gasteiger partial charge in [-0.25, -0.2) is 0 Å². The van der Waals surface area contributed by atoms with Crippen LogP contribution in [0, 0.1) is 6.92 Å². The van der Waals surface area contributed by atoms with Crippen LogP contribution in [0.1, 0.15) is 16.9 Å². The molecule has 132 valence electrons. The van der Waals surface area contributed by atoms with Gasteiger partial charge in [0.15, 0.2) is 5.76 Å². The van der Waals surface area contributed by atoms with Gasteiger partial charge in [0.2, 0.25) is 0 Å². The van der Waals surface area contributed by atoms with Gasteiger partial charge >= 0.3 is 0 Å². The van der Waals surface area contributed by atoms with E-state index in [1.165, 1.54) is 0 Å². The molecule has 0 fully saturated rings. The summed E-state index contributed by atoms with van der Waals surface area (Å²) >= 11 is 0. The molecular formula is C19H23N3O3. The quantitative estimate of drug-likeness (QED) is 0.584. The average Bonchev–Trinajstić information content (AvgIpc) is 3.24. The Morgan fingerprint density at radius 1 is 1.16 bits per heavy atom. The molecule has 0 spiro atoms. The topological polar surface area (TPSA) is 72.3 Å². The van der Waals surface area contributed by atoms with Gasteiger partial charge in [-0.05, 0) is 36.8 Å². The third kappa shape index (κ3) is 4.71. The number of aromatic nitrogens is 2. The first-order valence-corrected chi connectivity index (χ1v) is 8.26. The summed E-state index contributed by atoms with van der Waals surface area (Å²) in [6.07, 6.45) is 1.82. The van der Waals surface area contributed by atoms with Gasteiger partial charge in [-0.3, -0.25) is 5.10 Å². The molecule has 2 heterocycles. The third-order valence-electron chi connectivity index (χ3n) is 3.80. The minimum atomic E-state index is 0.550. The standard InChI is InChI=1S/C19H23N3O3/c1-14-6-7-18(25-14)19-16(13-21-22-19)12-20-11-15-4-3-5-17(10-15)24-9-8-23-2/h3-7,10,13,20H,8-9,11-12H2,1-2H3,(H,21,22). The molecule has 0 atom stereocenters. The molecule has 1 aromatic carbocycles. The van der Waals surface area contributed by atoms with Crippen molar-refractivity contribution < 1.29 is 13.9 Å². The molecule has 3 rings (SSSR count). The number of hydrogen-bond donors (Lipinski definition) is 2. The molecule has 0 unspecified atom stereocenters. The maximum absolute atomic E-state index is 5.67. The molecule has 2 N–H and O–H groups in total. The van der Waals surface area contributed by atoms with Gasteiger partial charge in [0.05, 0.1) is 12.8 Å². The van der Waals surface area contributed by atoms with Crippen LogP contribution in [0.2, 0.25) is 0 Å². The van der Waals surface area contributed by atoms with Gasteiger partial charge in [0, 0.05) is 25.8 Å². The van der Waals surface area contributed by atoms with Gasteiger partial charge in [-0.2, -0.15) is 5.10 Å². The van der Waals surface area contributed by atoms with Crippen LogP contribution in [0.25, 0.3) is 11.5 Å². The molecular weight excluding hydrogens is 318 g/mol. The summed E-state index contributed by atoms with van der Waals surface area (Å²) < 4.78 is 16.3. The number of rotatable bonds is 9. The van der Waals surface area contributed by atoms with Crippen molar-refractivity contribution in [3.8, 4) is 17.2 Å². The minimum Gasteiger partial charge on any atom is -0.491 e. The van der Waals surface area contributed by atoms with Crippen molar-refractivity contribution in [2.24, 2.45) is 0 Å². The highest BCUT2D eigenvalue weighted by molar-refractivity contribution is 5.56. The normalized spacial score (nSPS) is 11.0. The van der Waals surface area contributed by atoms with Crippen LogP contribution in [-0.2, 0) is 17.8 Å². The van der Waals surface area contributed by atoms with Crippen LogP contribution in [0.5, 0.6) is 5.75 Å². The van der Waals surface area contributed by atoms with E-state index in [0.29, 0.717) is 19.8 Å². The molecule has 0 aliphatic heterocycles. The Hall–Kier alpha value is -2.57. The zero-order chi connectivity index (χ0) is 17.5.